The second-order valence-corrected chi connectivity index (χ2v) is 9.80. The number of amides is 1. The number of anilines is 1. The van der Waals surface area contributed by atoms with E-state index in [4.69, 9.17) is 14.6 Å². The second-order valence-electron chi connectivity index (χ2n) is 9.80. The highest BCUT2D eigenvalue weighted by Gasteiger charge is 2.20. The van der Waals surface area contributed by atoms with Crippen LogP contribution in [0, 0.1) is 5.82 Å². The normalized spacial score (nSPS) is 11.6. The molecule has 2 N–H and O–H groups in total. The Morgan fingerprint density at radius 1 is 1.10 bits per heavy atom. The Morgan fingerprint density at radius 2 is 1.92 bits per heavy atom. The van der Waals surface area contributed by atoms with Gasteiger partial charge in [-0.25, -0.2) is 18.9 Å². The van der Waals surface area contributed by atoms with E-state index in [2.05, 4.69) is 20.5 Å². The molecule has 0 radical (unpaired) electrons. The summed E-state index contributed by atoms with van der Waals surface area (Å²) in [7, 11) is 0. The number of benzene rings is 2. The summed E-state index contributed by atoms with van der Waals surface area (Å²) in [4.78, 5) is 28.1. The number of halogens is 1. The van der Waals surface area contributed by atoms with Gasteiger partial charge in [0, 0.05) is 34.9 Å². The molecule has 0 atom stereocenters. The number of hydrogen-bond donors (Lipinski definition) is 2. The highest BCUT2D eigenvalue weighted by Crippen LogP contribution is 2.31. The third-order valence-electron chi connectivity index (χ3n) is 5.55. The molecule has 0 aliphatic carbocycles. The van der Waals surface area contributed by atoms with Crippen LogP contribution in [0.3, 0.4) is 0 Å². The van der Waals surface area contributed by atoms with Crippen molar-refractivity contribution in [1.29, 1.82) is 0 Å². The maximum absolute atomic E-state index is 13.9. The molecule has 0 saturated carbocycles. The predicted molar refractivity (Wildman–Crippen MR) is 140 cm³/mol. The molecule has 0 aliphatic heterocycles. The van der Waals surface area contributed by atoms with E-state index in [1.807, 2.05) is 6.07 Å². The zero-order chi connectivity index (χ0) is 27.7. The Kier molecular flexibility index (Phi) is 6.60. The van der Waals surface area contributed by atoms with Crippen molar-refractivity contribution in [3.05, 3.63) is 72.4 Å². The van der Waals surface area contributed by atoms with Crippen LogP contribution in [0.4, 0.5) is 15.0 Å². The average molecular weight is 533 g/mol. The van der Waals surface area contributed by atoms with Crippen molar-refractivity contribution in [2.75, 3.05) is 5.32 Å². The number of aliphatic carboxylic acids is 1. The molecule has 2 aromatic carbocycles. The van der Waals surface area contributed by atoms with E-state index in [1.165, 1.54) is 22.9 Å². The van der Waals surface area contributed by atoms with Gasteiger partial charge >= 0.3 is 12.1 Å². The predicted octanol–water partition coefficient (Wildman–Crippen LogP) is 4.92. The zero-order valence-electron chi connectivity index (χ0n) is 21.4. The quantitative estimate of drug-likeness (QED) is 0.302. The molecule has 0 aliphatic rings. The Morgan fingerprint density at radius 3 is 2.64 bits per heavy atom. The van der Waals surface area contributed by atoms with Gasteiger partial charge in [0.2, 0.25) is 0 Å². The van der Waals surface area contributed by atoms with Crippen LogP contribution in [-0.2, 0) is 22.7 Å². The molecular weight excluding hydrogens is 507 g/mol. The fraction of sp³-hybridized carbons (Fsp3) is 0.222. The van der Waals surface area contributed by atoms with Gasteiger partial charge in [0.1, 0.15) is 24.6 Å². The number of aromatic nitrogens is 5. The van der Waals surface area contributed by atoms with Gasteiger partial charge in [-0.2, -0.15) is 10.2 Å². The first-order valence-electron chi connectivity index (χ1n) is 12.0. The minimum atomic E-state index is -1.01. The van der Waals surface area contributed by atoms with E-state index in [0.29, 0.717) is 27.7 Å². The van der Waals surface area contributed by atoms with E-state index in [0.717, 1.165) is 5.39 Å². The Labute approximate surface area is 221 Å². The summed E-state index contributed by atoms with van der Waals surface area (Å²) < 4.78 is 28.4. The van der Waals surface area contributed by atoms with Crippen molar-refractivity contribution >= 4 is 39.7 Å². The van der Waals surface area contributed by atoms with Crippen LogP contribution in [0.2, 0.25) is 0 Å². The number of carboxylic acid groups (broad SMARTS) is 1. The number of ether oxygens (including phenoxy) is 2. The summed E-state index contributed by atoms with van der Waals surface area (Å²) in [6.07, 6.45) is 4.32. The Balaban J connectivity index is 1.52. The maximum atomic E-state index is 13.9. The van der Waals surface area contributed by atoms with Crippen molar-refractivity contribution in [3.63, 3.8) is 0 Å². The molecule has 0 fully saturated rings. The lowest BCUT2D eigenvalue weighted by Gasteiger charge is -2.20. The number of rotatable bonds is 7. The van der Waals surface area contributed by atoms with Crippen molar-refractivity contribution in [1.82, 2.24) is 24.5 Å². The summed E-state index contributed by atoms with van der Waals surface area (Å²) in [5, 5.41) is 21.6. The molecular formula is C27H25FN6O5. The van der Waals surface area contributed by atoms with E-state index < -0.39 is 23.5 Å². The van der Waals surface area contributed by atoms with Gasteiger partial charge in [0.25, 0.3) is 0 Å². The summed E-state index contributed by atoms with van der Waals surface area (Å²) in [6.45, 7) is 4.95. The van der Waals surface area contributed by atoms with E-state index in [9.17, 15) is 14.0 Å². The molecule has 0 spiro atoms. The fourth-order valence-corrected chi connectivity index (χ4v) is 4.00. The van der Waals surface area contributed by atoms with Crippen LogP contribution < -0.4 is 10.1 Å². The zero-order valence-corrected chi connectivity index (χ0v) is 21.4. The molecule has 11 nitrogen and oxygen atoms in total. The lowest BCUT2D eigenvalue weighted by atomic mass is 10.1. The highest BCUT2D eigenvalue weighted by molar-refractivity contribution is 5.90. The van der Waals surface area contributed by atoms with Crippen molar-refractivity contribution < 1.29 is 28.6 Å². The number of nitrogens with zero attached hydrogens (tertiary/aromatic N) is 5. The fourth-order valence-electron chi connectivity index (χ4n) is 4.00. The highest BCUT2D eigenvalue weighted by atomic mass is 19.1. The van der Waals surface area contributed by atoms with Gasteiger partial charge in [-0.05, 0) is 63.2 Å². The van der Waals surface area contributed by atoms with Crippen molar-refractivity contribution in [3.8, 4) is 11.4 Å². The van der Waals surface area contributed by atoms with Gasteiger partial charge < -0.3 is 14.6 Å². The van der Waals surface area contributed by atoms with Crippen LogP contribution in [0.25, 0.3) is 27.5 Å². The number of carbonyl (C=O) groups excluding carboxylic acids is 1. The van der Waals surface area contributed by atoms with Gasteiger partial charge in [-0.1, -0.05) is 0 Å². The molecule has 3 heterocycles. The molecule has 39 heavy (non-hydrogen) atoms. The molecule has 0 saturated heterocycles. The molecule has 3 aromatic heterocycles. The molecule has 1 amide bonds. The van der Waals surface area contributed by atoms with Crippen LogP contribution in [-0.4, -0.2) is 47.3 Å². The topological polar surface area (TPSA) is 133 Å². The average Bonchev–Trinajstić information content (AvgIpc) is 3.50. The number of pyridine rings is 1. The first-order valence-corrected chi connectivity index (χ1v) is 12.0. The Hall–Kier alpha value is -5.00. The lowest BCUT2D eigenvalue weighted by molar-refractivity contribution is -0.137. The first kappa shape index (κ1) is 25.6. The van der Waals surface area contributed by atoms with E-state index in [-0.39, 0.29) is 24.7 Å². The molecule has 0 unspecified atom stereocenters. The van der Waals surface area contributed by atoms with Gasteiger partial charge in [-0.15, -0.1) is 0 Å². The van der Waals surface area contributed by atoms with Crippen LogP contribution >= 0.6 is 0 Å². The van der Waals surface area contributed by atoms with Gasteiger partial charge in [0.05, 0.1) is 16.7 Å². The molecule has 12 heteroatoms. The van der Waals surface area contributed by atoms with Crippen LogP contribution in [0.15, 0.2) is 61.1 Å². The molecule has 200 valence electrons. The number of fused-ring (bicyclic) bond motifs is 2. The number of carbonyl (C=O) groups is 2. The summed E-state index contributed by atoms with van der Waals surface area (Å²) in [5.41, 5.74) is 1.65. The lowest BCUT2D eigenvalue weighted by Crippen LogP contribution is -2.27. The summed E-state index contributed by atoms with van der Waals surface area (Å²) in [5.74, 6) is -1.15. The van der Waals surface area contributed by atoms with Gasteiger partial charge in [0.15, 0.2) is 11.6 Å². The Bertz CT molecular complexity index is 1690. The molecule has 5 aromatic rings. The minimum Gasteiger partial charge on any atom is -0.485 e. The molecule has 0 bridgehead atoms. The number of carboxylic acids is 1. The third kappa shape index (κ3) is 5.95. The second kappa shape index (κ2) is 10.0. The third-order valence-corrected chi connectivity index (χ3v) is 5.55. The monoisotopic (exact) mass is 532 g/mol. The van der Waals surface area contributed by atoms with Crippen LogP contribution in [0.5, 0.6) is 5.75 Å². The van der Waals surface area contributed by atoms with Gasteiger partial charge in [-0.3, -0.25) is 14.8 Å². The minimum absolute atomic E-state index is 0.00241. The number of nitrogens with one attached hydrogen (secondary N) is 1. The first-order chi connectivity index (χ1) is 18.5. The molecule has 5 rings (SSSR count). The standard InChI is InChI=1S/C27H25FN6O5/c1-27(2,3)39-26(37)31-25-23(12-16-9-19(28)5-6-20(16)30-25)38-15-18-10-21-17(13-33(32-21)14-24(35)36)11-22(18)34-8-4-7-29-34/h4-13H,14-15H2,1-3H3,(H,35,36)(H,30,31,37). The van der Waals surface area contributed by atoms with E-state index in [1.54, 1.807) is 62.2 Å². The smallest absolute Gasteiger partial charge is 0.413 e. The van der Waals surface area contributed by atoms with Crippen molar-refractivity contribution in [2.24, 2.45) is 0 Å². The summed E-state index contributed by atoms with van der Waals surface area (Å²) >= 11 is 0. The van der Waals surface area contributed by atoms with E-state index >= 15 is 0 Å². The van der Waals surface area contributed by atoms with Crippen LogP contribution in [0.1, 0.15) is 26.3 Å². The summed E-state index contributed by atoms with van der Waals surface area (Å²) in [6, 6.07) is 11.1. The maximum Gasteiger partial charge on any atom is 0.413 e. The largest absolute Gasteiger partial charge is 0.485 e. The SMILES string of the molecule is CC(C)(C)OC(=O)Nc1nc2ccc(F)cc2cc1OCc1cc2nn(CC(=O)O)cc2cc1-n1cccn1. The van der Waals surface area contributed by atoms with Crippen molar-refractivity contribution in [2.45, 2.75) is 39.5 Å². The number of hydrogen-bond acceptors (Lipinski definition) is 7.